The Balaban J connectivity index is 1.26. The van der Waals surface area contributed by atoms with Crippen LogP contribution < -0.4 is 21.3 Å². The minimum atomic E-state index is -4.80. The molecule has 11 nitrogen and oxygen atoms in total. The highest BCUT2D eigenvalue weighted by Crippen LogP contribution is 2.40. The third-order valence-corrected chi connectivity index (χ3v) is 7.22. The quantitative estimate of drug-likeness (QED) is 0.0962. The van der Waals surface area contributed by atoms with Crippen LogP contribution in [0.5, 0.6) is 0 Å². The van der Waals surface area contributed by atoms with Gasteiger partial charge < -0.3 is 35.3 Å². The molecule has 1 aliphatic heterocycles. The molecule has 2 heterocycles. The van der Waals surface area contributed by atoms with Gasteiger partial charge in [0, 0.05) is 18.9 Å². The standard InChI is InChI=1S/C33H29F4N5O6/c1-3-47-30(44)20-7-5-19(6-8-20)21-9-10-24(23(34)13-21)41-32(46)38-16-18-11-12-42(17-18)27-15-26-25(14-22(27)33(35,36)37)40-29(43)28(39-26)31(45)48-4-2/h5-15,17,28,39H,3-4,16H2,1-2H3,(H,40,43)(H2,38,41,46). The molecule has 0 fully saturated rings. The van der Waals surface area contributed by atoms with E-state index in [9.17, 15) is 36.7 Å². The number of fused-ring (bicyclic) bond motifs is 1. The number of ether oxygens (including phenoxy) is 2. The summed E-state index contributed by atoms with van der Waals surface area (Å²) in [7, 11) is 0. The first-order valence-electron chi connectivity index (χ1n) is 14.7. The second-order valence-corrected chi connectivity index (χ2v) is 10.5. The topological polar surface area (TPSA) is 140 Å². The Labute approximate surface area is 271 Å². The molecule has 0 radical (unpaired) electrons. The number of carbonyl (C=O) groups excluding carboxylic acids is 4. The summed E-state index contributed by atoms with van der Waals surface area (Å²) in [4.78, 5) is 48.9. The third kappa shape index (κ3) is 7.40. The van der Waals surface area contributed by atoms with Crippen LogP contribution in [-0.2, 0) is 31.8 Å². The van der Waals surface area contributed by atoms with Gasteiger partial charge in [-0.2, -0.15) is 13.2 Å². The summed E-state index contributed by atoms with van der Waals surface area (Å²) in [6.45, 7) is 3.38. The van der Waals surface area contributed by atoms with E-state index in [-0.39, 0.29) is 42.5 Å². The first-order valence-corrected chi connectivity index (χ1v) is 14.7. The van der Waals surface area contributed by atoms with Crippen LogP contribution in [0.3, 0.4) is 0 Å². The zero-order valence-electron chi connectivity index (χ0n) is 25.5. The Morgan fingerprint density at radius 1 is 0.917 bits per heavy atom. The first-order chi connectivity index (χ1) is 22.9. The van der Waals surface area contributed by atoms with Crippen molar-refractivity contribution in [3.63, 3.8) is 0 Å². The van der Waals surface area contributed by atoms with Crippen molar-refractivity contribution in [3.05, 3.63) is 95.6 Å². The van der Waals surface area contributed by atoms with Gasteiger partial charge in [-0.05, 0) is 73.0 Å². The van der Waals surface area contributed by atoms with Gasteiger partial charge in [0.25, 0.3) is 5.91 Å². The number of carbonyl (C=O) groups is 4. The Bertz CT molecular complexity index is 1870. The lowest BCUT2D eigenvalue weighted by Crippen LogP contribution is -2.45. The van der Waals surface area contributed by atoms with Gasteiger partial charge >= 0.3 is 24.1 Å². The lowest BCUT2D eigenvalue weighted by Gasteiger charge is -2.27. The molecule has 0 spiro atoms. The largest absolute Gasteiger partial charge is 0.464 e. The maximum atomic E-state index is 14.9. The number of esters is 2. The predicted octanol–water partition coefficient (Wildman–Crippen LogP) is 6.10. The average Bonchev–Trinajstić information content (AvgIpc) is 3.53. The molecule has 15 heteroatoms. The maximum absolute atomic E-state index is 14.9. The van der Waals surface area contributed by atoms with E-state index in [1.807, 2.05) is 0 Å². The number of halogens is 4. The molecule has 1 atom stereocenters. The van der Waals surface area contributed by atoms with Crippen molar-refractivity contribution in [3.8, 4) is 16.8 Å². The number of anilines is 3. The number of hydrogen-bond acceptors (Lipinski definition) is 7. The number of rotatable bonds is 9. The van der Waals surface area contributed by atoms with Gasteiger partial charge in [0.05, 0.1) is 47.1 Å². The number of alkyl halides is 3. The van der Waals surface area contributed by atoms with Crippen molar-refractivity contribution < 1.29 is 46.2 Å². The normalized spacial score (nSPS) is 13.9. The first kappa shape index (κ1) is 33.5. The van der Waals surface area contributed by atoms with E-state index in [1.165, 1.54) is 35.2 Å². The smallest absolute Gasteiger partial charge is 0.418 e. The molecule has 5 rings (SSSR count). The molecular formula is C33H29F4N5O6. The minimum Gasteiger partial charge on any atom is -0.464 e. The highest BCUT2D eigenvalue weighted by molar-refractivity contribution is 6.14. The molecule has 0 saturated carbocycles. The van der Waals surface area contributed by atoms with Gasteiger partial charge in [-0.1, -0.05) is 18.2 Å². The Hall–Kier alpha value is -5.86. The summed E-state index contributed by atoms with van der Waals surface area (Å²) in [5.41, 5.74) is 0.357. The van der Waals surface area contributed by atoms with E-state index < -0.39 is 47.5 Å². The van der Waals surface area contributed by atoms with E-state index in [0.717, 1.165) is 12.1 Å². The second kappa shape index (κ2) is 13.9. The molecule has 4 N–H and O–H groups in total. The third-order valence-electron chi connectivity index (χ3n) is 7.22. The number of urea groups is 1. The van der Waals surface area contributed by atoms with Gasteiger partial charge in [0.15, 0.2) is 0 Å². The molecule has 1 aromatic heterocycles. The molecule has 250 valence electrons. The van der Waals surface area contributed by atoms with Crippen LogP contribution in [0.15, 0.2) is 73.1 Å². The van der Waals surface area contributed by atoms with E-state index in [0.29, 0.717) is 22.3 Å². The van der Waals surface area contributed by atoms with Crippen LogP contribution in [-0.4, -0.2) is 47.7 Å². The monoisotopic (exact) mass is 667 g/mol. The van der Waals surface area contributed by atoms with E-state index >= 15 is 0 Å². The zero-order valence-corrected chi connectivity index (χ0v) is 25.5. The van der Waals surface area contributed by atoms with Crippen molar-refractivity contribution in [2.75, 3.05) is 29.2 Å². The van der Waals surface area contributed by atoms with Gasteiger partial charge in [-0.25, -0.2) is 18.8 Å². The molecule has 0 bridgehead atoms. The number of aromatic nitrogens is 1. The highest BCUT2D eigenvalue weighted by Gasteiger charge is 2.38. The number of amides is 3. The fraction of sp³-hybridized carbons (Fsp3) is 0.212. The summed E-state index contributed by atoms with van der Waals surface area (Å²) < 4.78 is 68.1. The summed E-state index contributed by atoms with van der Waals surface area (Å²) >= 11 is 0. The summed E-state index contributed by atoms with van der Waals surface area (Å²) in [5.74, 6) is -2.92. The minimum absolute atomic E-state index is 0.00461. The molecule has 0 aliphatic carbocycles. The highest BCUT2D eigenvalue weighted by atomic mass is 19.4. The molecule has 0 saturated heterocycles. The molecular weight excluding hydrogens is 638 g/mol. The Morgan fingerprint density at radius 2 is 1.62 bits per heavy atom. The van der Waals surface area contributed by atoms with Crippen LogP contribution in [0.1, 0.15) is 35.3 Å². The van der Waals surface area contributed by atoms with Crippen LogP contribution in [0, 0.1) is 5.82 Å². The van der Waals surface area contributed by atoms with Crippen molar-refractivity contribution >= 4 is 40.9 Å². The van der Waals surface area contributed by atoms with Crippen molar-refractivity contribution in [2.24, 2.45) is 0 Å². The lowest BCUT2D eigenvalue weighted by atomic mass is 10.0. The SMILES string of the molecule is CCOC(=O)c1ccc(-c2ccc(NC(=O)NCc3ccn(-c4cc5c(cc4C(F)(F)F)NC(=O)C(C(=O)OCC)N5)c3)c(F)c2)cc1. The fourth-order valence-corrected chi connectivity index (χ4v) is 4.92. The summed E-state index contributed by atoms with van der Waals surface area (Å²) in [6.07, 6.45) is -2.08. The average molecular weight is 668 g/mol. The molecule has 48 heavy (non-hydrogen) atoms. The number of hydrogen-bond donors (Lipinski definition) is 4. The lowest BCUT2D eigenvalue weighted by molar-refractivity contribution is -0.146. The molecule has 4 aromatic rings. The molecule has 3 aromatic carbocycles. The van der Waals surface area contributed by atoms with E-state index in [1.54, 1.807) is 44.2 Å². The van der Waals surface area contributed by atoms with Crippen LogP contribution in [0.25, 0.3) is 16.8 Å². The fourth-order valence-electron chi connectivity index (χ4n) is 4.92. The van der Waals surface area contributed by atoms with E-state index in [4.69, 9.17) is 9.47 Å². The summed E-state index contributed by atoms with van der Waals surface area (Å²) in [5, 5.41) is 9.89. The number of benzene rings is 3. The molecule has 3 amide bonds. The van der Waals surface area contributed by atoms with Crippen LogP contribution in [0.4, 0.5) is 39.4 Å². The Kier molecular flexibility index (Phi) is 9.68. The van der Waals surface area contributed by atoms with Crippen LogP contribution >= 0.6 is 0 Å². The van der Waals surface area contributed by atoms with Gasteiger partial charge in [0.2, 0.25) is 6.04 Å². The van der Waals surface area contributed by atoms with E-state index in [2.05, 4.69) is 21.3 Å². The molecule has 1 unspecified atom stereocenters. The van der Waals surface area contributed by atoms with Crippen molar-refractivity contribution in [1.29, 1.82) is 0 Å². The second-order valence-electron chi connectivity index (χ2n) is 10.5. The summed E-state index contributed by atoms with van der Waals surface area (Å²) in [6, 6.07) is 11.8. The van der Waals surface area contributed by atoms with Gasteiger partial charge in [-0.15, -0.1) is 0 Å². The maximum Gasteiger partial charge on any atom is 0.418 e. The van der Waals surface area contributed by atoms with Crippen molar-refractivity contribution in [2.45, 2.75) is 32.6 Å². The Morgan fingerprint density at radius 3 is 2.29 bits per heavy atom. The van der Waals surface area contributed by atoms with Crippen LogP contribution in [0.2, 0.25) is 0 Å². The van der Waals surface area contributed by atoms with Gasteiger partial charge in [-0.3, -0.25) is 4.79 Å². The predicted molar refractivity (Wildman–Crippen MR) is 167 cm³/mol. The number of nitrogens with one attached hydrogen (secondary N) is 4. The van der Waals surface area contributed by atoms with Gasteiger partial charge in [0.1, 0.15) is 5.82 Å². The molecule has 1 aliphatic rings. The number of nitrogens with zero attached hydrogens (tertiary/aromatic N) is 1. The van der Waals surface area contributed by atoms with Crippen molar-refractivity contribution in [1.82, 2.24) is 9.88 Å². The zero-order chi connectivity index (χ0) is 34.6.